The van der Waals surface area contributed by atoms with Crippen LogP contribution in [0, 0.1) is 5.92 Å². The van der Waals surface area contributed by atoms with Gasteiger partial charge in [-0.1, -0.05) is 19.1 Å². The van der Waals surface area contributed by atoms with Crippen molar-refractivity contribution in [3.05, 3.63) is 24.0 Å². The van der Waals surface area contributed by atoms with Gasteiger partial charge in [0.15, 0.2) is 0 Å². The Labute approximate surface area is 61.0 Å². The van der Waals surface area contributed by atoms with Crippen LogP contribution in [0.4, 0.5) is 0 Å². The molecule has 0 spiro atoms. The predicted octanol–water partition coefficient (Wildman–Crippen LogP) is 1.35. The van der Waals surface area contributed by atoms with Crippen LogP contribution in [0.25, 0.3) is 0 Å². The van der Waals surface area contributed by atoms with Gasteiger partial charge in [-0.2, -0.15) is 0 Å². The van der Waals surface area contributed by atoms with Crippen molar-refractivity contribution in [1.82, 2.24) is 0 Å². The van der Waals surface area contributed by atoms with E-state index in [9.17, 15) is 5.11 Å². The Balaban J connectivity index is 2.93. The third-order valence-electron chi connectivity index (χ3n) is 2.15. The molecule has 0 aromatic carbocycles. The molecule has 0 radical (unpaired) electrons. The number of hydrogen-bond donors (Lipinski definition) is 2. The van der Waals surface area contributed by atoms with Crippen LogP contribution in [-0.2, 0) is 0 Å². The van der Waals surface area contributed by atoms with Crippen LogP contribution >= 0.6 is 0 Å². The second-order valence-corrected chi connectivity index (χ2v) is 3.01. The predicted molar refractivity (Wildman–Crippen MR) is 41.6 cm³/mol. The lowest BCUT2D eigenvalue weighted by molar-refractivity contribution is 0.267. The van der Waals surface area contributed by atoms with Crippen LogP contribution < -0.4 is 5.73 Å². The highest BCUT2D eigenvalue weighted by Gasteiger charge is 2.30. The molecule has 0 saturated heterocycles. The topological polar surface area (TPSA) is 46.2 Å². The summed E-state index contributed by atoms with van der Waals surface area (Å²) in [6.45, 7) is 3.81. The minimum Gasteiger partial charge on any atom is -0.510 e. The van der Waals surface area contributed by atoms with Gasteiger partial charge < -0.3 is 10.8 Å². The van der Waals surface area contributed by atoms with Crippen LogP contribution in [0.1, 0.15) is 13.8 Å². The minimum absolute atomic E-state index is 0.206. The second-order valence-electron chi connectivity index (χ2n) is 3.01. The summed E-state index contributed by atoms with van der Waals surface area (Å²) < 4.78 is 0. The van der Waals surface area contributed by atoms with E-state index in [2.05, 4.69) is 0 Å². The molecule has 0 amide bonds. The van der Waals surface area contributed by atoms with E-state index in [1.54, 1.807) is 6.08 Å². The summed E-state index contributed by atoms with van der Waals surface area (Å²) in [4.78, 5) is 0. The van der Waals surface area contributed by atoms with Gasteiger partial charge in [-0.25, -0.2) is 0 Å². The maximum atomic E-state index is 9.29. The number of allylic oxidation sites excluding steroid dienone is 2. The first-order valence-corrected chi connectivity index (χ1v) is 3.42. The van der Waals surface area contributed by atoms with Crippen LogP contribution in [0.15, 0.2) is 24.0 Å². The number of nitrogens with two attached hydrogens (primary N) is 1. The third-order valence-corrected chi connectivity index (χ3v) is 2.15. The maximum Gasteiger partial charge on any atom is 0.112 e. The first kappa shape index (κ1) is 7.35. The van der Waals surface area contributed by atoms with Crippen molar-refractivity contribution < 1.29 is 5.11 Å². The van der Waals surface area contributed by atoms with Gasteiger partial charge in [-0.15, -0.1) is 0 Å². The van der Waals surface area contributed by atoms with Crippen LogP contribution in [0.2, 0.25) is 0 Å². The molecular formula is C8H13NO. The summed E-state index contributed by atoms with van der Waals surface area (Å²) in [5.41, 5.74) is 5.22. The molecule has 0 aliphatic heterocycles. The molecular weight excluding hydrogens is 126 g/mol. The van der Waals surface area contributed by atoms with E-state index in [0.29, 0.717) is 0 Å². The highest BCUT2D eigenvalue weighted by molar-refractivity contribution is 5.25. The summed E-state index contributed by atoms with van der Waals surface area (Å²) in [7, 11) is 0. The van der Waals surface area contributed by atoms with Crippen molar-refractivity contribution in [2.24, 2.45) is 11.7 Å². The number of aliphatic hydroxyl groups is 1. The minimum atomic E-state index is -0.575. The van der Waals surface area contributed by atoms with E-state index in [1.165, 1.54) is 0 Å². The standard InChI is InChI=1S/C8H13NO/c1-6-4-3-5-7(10)8(6,2)9/h3-6,10H,9H2,1-2H3. The normalized spacial score (nSPS) is 39.5. The molecule has 0 fully saturated rings. The molecule has 1 aliphatic carbocycles. The van der Waals surface area contributed by atoms with Crippen LogP contribution in [0.3, 0.4) is 0 Å². The number of aliphatic hydroxyl groups excluding tert-OH is 1. The Morgan fingerprint density at radius 1 is 1.70 bits per heavy atom. The SMILES string of the molecule is CC1C=CC=C(O)C1(C)N. The molecule has 1 rings (SSSR count). The molecule has 3 N–H and O–H groups in total. The second kappa shape index (κ2) is 2.13. The quantitative estimate of drug-likeness (QED) is 0.532. The third kappa shape index (κ3) is 0.948. The Kier molecular flexibility index (Phi) is 1.57. The number of rotatable bonds is 0. The molecule has 2 nitrogen and oxygen atoms in total. The lowest BCUT2D eigenvalue weighted by Crippen LogP contribution is -2.45. The molecule has 0 aromatic heterocycles. The smallest absolute Gasteiger partial charge is 0.112 e. The van der Waals surface area contributed by atoms with Crippen molar-refractivity contribution >= 4 is 0 Å². The highest BCUT2D eigenvalue weighted by atomic mass is 16.3. The van der Waals surface area contributed by atoms with E-state index < -0.39 is 5.54 Å². The average molecular weight is 139 g/mol. The molecule has 2 unspecified atom stereocenters. The van der Waals surface area contributed by atoms with Gasteiger partial charge in [-0.05, 0) is 18.9 Å². The summed E-state index contributed by atoms with van der Waals surface area (Å²) in [5.74, 6) is 0.472. The van der Waals surface area contributed by atoms with Crippen molar-refractivity contribution in [3.63, 3.8) is 0 Å². The summed E-state index contributed by atoms with van der Waals surface area (Å²) in [6, 6.07) is 0. The zero-order chi connectivity index (χ0) is 7.78. The van der Waals surface area contributed by atoms with Crippen molar-refractivity contribution in [2.75, 3.05) is 0 Å². The Morgan fingerprint density at radius 2 is 2.30 bits per heavy atom. The fourth-order valence-corrected chi connectivity index (χ4v) is 0.926. The fraction of sp³-hybridized carbons (Fsp3) is 0.500. The largest absolute Gasteiger partial charge is 0.510 e. The molecule has 56 valence electrons. The molecule has 10 heavy (non-hydrogen) atoms. The zero-order valence-electron chi connectivity index (χ0n) is 6.33. The summed E-state index contributed by atoms with van der Waals surface area (Å²) >= 11 is 0. The van der Waals surface area contributed by atoms with Gasteiger partial charge in [-0.3, -0.25) is 0 Å². The average Bonchev–Trinajstić information content (AvgIpc) is 1.84. The molecule has 0 aromatic rings. The van der Waals surface area contributed by atoms with E-state index in [4.69, 9.17) is 5.73 Å². The van der Waals surface area contributed by atoms with Crippen molar-refractivity contribution in [1.29, 1.82) is 0 Å². The lowest BCUT2D eigenvalue weighted by Gasteiger charge is -2.30. The number of hydrogen-bond acceptors (Lipinski definition) is 2. The molecule has 2 atom stereocenters. The first-order valence-electron chi connectivity index (χ1n) is 3.42. The van der Waals surface area contributed by atoms with Gasteiger partial charge >= 0.3 is 0 Å². The van der Waals surface area contributed by atoms with E-state index >= 15 is 0 Å². The molecule has 0 saturated carbocycles. The van der Waals surface area contributed by atoms with Gasteiger partial charge in [0, 0.05) is 0 Å². The van der Waals surface area contributed by atoms with Gasteiger partial charge in [0.05, 0.1) is 5.54 Å². The summed E-state index contributed by atoms with van der Waals surface area (Å²) in [5, 5.41) is 9.29. The molecule has 0 bridgehead atoms. The van der Waals surface area contributed by atoms with E-state index in [-0.39, 0.29) is 11.7 Å². The Hall–Kier alpha value is -0.760. The van der Waals surface area contributed by atoms with Crippen molar-refractivity contribution in [3.8, 4) is 0 Å². The van der Waals surface area contributed by atoms with Crippen LogP contribution in [0.5, 0.6) is 0 Å². The lowest BCUT2D eigenvalue weighted by atomic mass is 9.83. The Morgan fingerprint density at radius 3 is 2.70 bits per heavy atom. The fourth-order valence-electron chi connectivity index (χ4n) is 0.926. The molecule has 1 aliphatic rings. The van der Waals surface area contributed by atoms with Gasteiger partial charge in [0.2, 0.25) is 0 Å². The zero-order valence-corrected chi connectivity index (χ0v) is 6.33. The van der Waals surface area contributed by atoms with E-state index in [1.807, 2.05) is 26.0 Å². The first-order chi connectivity index (χ1) is 4.55. The summed E-state index contributed by atoms with van der Waals surface area (Å²) in [6.07, 6.45) is 5.45. The van der Waals surface area contributed by atoms with E-state index in [0.717, 1.165) is 0 Å². The van der Waals surface area contributed by atoms with Crippen LogP contribution in [-0.4, -0.2) is 10.6 Å². The maximum absolute atomic E-state index is 9.29. The van der Waals surface area contributed by atoms with Gasteiger partial charge in [0.25, 0.3) is 0 Å². The monoisotopic (exact) mass is 139 g/mol. The molecule has 0 heterocycles. The van der Waals surface area contributed by atoms with Crippen molar-refractivity contribution in [2.45, 2.75) is 19.4 Å². The molecule has 2 heteroatoms. The Bertz CT molecular complexity index is 191. The van der Waals surface area contributed by atoms with Gasteiger partial charge in [0.1, 0.15) is 5.76 Å². The highest BCUT2D eigenvalue weighted by Crippen LogP contribution is 2.25.